The third-order valence-corrected chi connectivity index (χ3v) is 8.54. The van der Waals surface area contributed by atoms with Crippen LogP contribution in [0.5, 0.6) is 11.5 Å². The summed E-state index contributed by atoms with van der Waals surface area (Å²) >= 11 is 6.20. The van der Waals surface area contributed by atoms with Crippen molar-refractivity contribution in [3.63, 3.8) is 0 Å². The number of allylic oxidation sites excluding steroid dienone is 2. The first-order valence-electron chi connectivity index (χ1n) is 15.5. The largest absolute Gasteiger partial charge is 0.456 e. The van der Waals surface area contributed by atoms with Crippen LogP contribution in [0, 0.1) is 5.41 Å². The number of H-pyrrole nitrogens is 1. The molecule has 2 aromatic heterocycles. The van der Waals surface area contributed by atoms with E-state index in [2.05, 4.69) is 60.2 Å². The van der Waals surface area contributed by atoms with Crippen LogP contribution in [0.1, 0.15) is 75.4 Å². The van der Waals surface area contributed by atoms with Crippen LogP contribution in [0.25, 0.3) is 27.7 Å². The van der Waals surface area contributed by atoms with E-state index in [1.165, 1.54) is 28.7 Å². The summed E-state index contributed by atoms with van der Waals surface area (Å²) in [5.74, 6) is 0.528. The summed E-state index contributed by atoms with van der Waals surface area (Å²) in [4.78, 5) is 20.7. The van der Waals surface area contributed by atoms with E-state index in [4.69, 9.17) is 21.1 Å². The van der Waals surface area contributed by atoms with Gasteiger partial charge in [-0.1, -0.05) is 73.5 Å². The maximum atomic E-state index is 13.2. The number of hydrogen-bond acceptors (Lipinski definition) is 4. The third-order valence-electron chi connectivity index (χ3n) is 8.29. The summed E-state index contributed by atoms with van der Waals surface area (Å²) in [5.41, 5.74) is 8.24. The smallest absolute Gasteiger partial charge is 0.342 e. The van der Waals surface area contributed by atoms with Crippen molar-refractivity contribution >= 4 is 34.2 Å². The highest BCUT2D eigenvalue weighted by Gasteiger charge is 2.28. The number of nitrogens with one attached hydrogen (secondary N) is 1. The Morgan fingerprint density at radius 3 is 2.38 bits per heavy atom. The molecule has 6 rings (SSSR count). The number of aromatic amines is 1. The first-order valence-corrected chi connectivity index (χ1v) is 15.8. The second-order valence-electron chi connectivity index (χ2n) is 13.7. The Hall–Kier alpha value is -4.35. The van der Waals surface area contributed by atoms with E-state index in [1.807, 2.05) is 63.4 Å². The molecule has 5 aromatic rings. The second-order valence-corrected chi connectivity index (χ2v) is 14.1. The Morgan fingerprint density at radius 1 is 0.933 bits per heavy atom. The molecule has 5 nitrogen and oxygen atoms in total. The molecule has 230 valence electrons. The number of esters is 1. The standard InChI is InChI=1S/C39H39ClN2O3/c1-38(2,3)45-37(43)33-15-12-28(22-35(33)44-32-21-30-17-19-41-36(30)42-24-32)26-8-6-25(7-9-26)20-29-16-18-39(4,5)23-34(29)27-10-13-31(40)14-11-27/h6-15,17,19,21-22,24H,16,18,20,23H2,1-5H3,(H,41,42). The molecule has 0 spiro atoms. The SMILES string of the molecule is CC1(C)CCC(Cc2ccc(-c3ccc(C(=O)OC(C)(C)C)c(Oc4cnc5[nH]ccc5c4)c3)cc2)=C(c2ccc(Cl)cc2)C1. The minimum Gasteiger partial charge on any atom is -0.456 e. The summed E-state index contributed by atoms with van der Waals surface area (Å²) in [6.07, 6.45) is 7.72. The number of hydrogen-bond donors (Lipinski definition) is 1. The topological polar surface area (TPSA) is 64.2 Å². The third kappa shape index (κ3) is 7.32. The first kappa shape index (κ1) is 30.7. The van der Waals surface area contributed by atoms with Gasteiger partial charge < -0.3 is 14.5 Å². The number of pyridine rings is 1. The highest BCUT2D eigenvalue weighted by atomic mass is 35.5. The zero-order chi connectivity index (χ0) is 31.8. The molecule has 1 N–H and O–H groups in total. The number of carbonyl (C=O) groups excluding carboxylic acids is 1. The number of carbonyl (C=O) groups is 1. The van der Waals surface area contributed by atoms with Crippen molar-refractivity contribution in [2.45, 2.75) is 65.9 Å². The molecule has 0 saturated carbocycles. The van der Waals surface area contributed by atoms with Crippen molar-refractivity contribution in [1.29, 1.82) is 0 Å². The minimum absolute atomic E-state index is 0.275. The average molecular weight is 619 g/mol. The number of ether oxygens (including phenoxy) is 2. The first-order chi connectivity index (χ1) is 21.4. The van der Waals surface area contributed by atoms with Crippen LogP contribution >= 0.6 is 11.6 Å². The Bertz CT molecular complexity index is 1880. The van der Waals surface area contributed by atoms with Crippen molar-refractivity contribution in [1.82, 2.24) is 9.97 Å². The molecule has 45 heavy (non-hydrogen) atoms. The maximum absolute atomic E-state index is 13.2. The van der Waals surface area contributed by atoms with Gasteiger partial charge in [-0.2, -0.15) is 0 Å². The monoisotopic (exact) mass is 618 g/mol. The molecule has 0 amide bonds. The minimum atomic E-state index is -0.634. The predicted octanol–water partition coefficient (Wildman–Crippen LogP) is 10.8. The van der Waals surface area contributed by atoms with Crippen LogP contribution in [0.2, 0.25) is 5.02 Å². The van der Waals surface area contributed by atoms with Gasteiger partial charge >= 0.3 is 5.97 Å². The molecule has 3 aromatic carbocycles. The number of nitrogens with zero attached hydrogens (tertiary/aromatic N) is 1. The van der Waals surface area contributed by atoms with E-state index in [0.29, 0.717) is 17.1 Å². The van der Waals surface area contributed by atoms with Crippen LogP contribution in [0.3, 0.4) is 0 Å². The molecule has 0 aliphatic heterocycles. The van der Waals surface area contributed by atoms with E-state index in [1.54, 1.807) is 12.3 Å². The van der Waals surface area contributed by atoms with Gasteiger partial charge in [-0.15, -0.1) is 0 Å². The quantitative estimate of drug-likeness (QED) is 0.184. The van der Waals surface area contributed by atoms with E-state index in [0.717, 1.165) is 46.4 Å². The van der Waals surface area contributed by atoms with Gasteiger partial charge in [0, 0.05) is 16.6 Å². The number of benzene rings is 3. The van der Waals surface area contributed by atoms with Crippen molar-refractivity contribution in [3.8, 4) is 22.6 Å². The molecule has 1 aliphatic carbocycles. The predicted molar refractivity (Wildman–Crippen MR) is 183 cm³/mol. The molecule has 0 radical (unpaired) electrons. The second kappa shape index (κ2) is 12.2. The highest BCUT2D eigenvalue weighted by Crippen LogP contribution is 2.44. The summed E-state index contributed by atoms with van der Waals surface area (Å²) in [7, 11) is 0. The Labute approximate surface area is 270 Å². The highest BCUT2D eigenvalue weighted by molar-refractivity contribution is 6.30. The van der Waals surface area contributed by atoms with Gasteiger partial charge in [-0.3, -0.25) is 0 Å². The van der Waals surface area contributed by atoms with Crippen LogP contribution < -0.4 is 4.74 Å². The summed E-state index contributed by atoms with van der Waals surface area (Å²) in [6, 6.07) is 26.4. The molecule has 6 heteroatoms. The van der Waals surface area contributed by atoms with Gasteiger partial charge in [0.1, 0.15) is 28.3 Å². The lowest BCUT2D eigenvalue weighted by molar-refractivity contribution is 0.00672. The Balaban J connectivity index is 1.29. The van der Waals surface area contributed by atoms with E-state index in [9.17, 15) is 4.79 Å². The van der Waals surface area contributed by atoms with E-state index < -0.39 is 11.6 Å². The molecular formula is C39H39ClN2O3. The van der Waals surface area contributed by atoms with Gasteiger partial charge in [0.25, 0.3) is 0 Å². The van der Waals surface area contributed by atoms with Crippen LogP contribution in [-0.2, 0) is 11.2 Å². The van der Waals surface area contributed by atoms with Crippen LogP contribution in [0.4, 0.5) is 0 Å². The van der Waals surface area contributed by atoms with Gasteiger partial charge in [0.05, 0.1) is 6.20 Å². The van der Waals surface area contributed by atoms with Gasteiger partial charge in [-0.25, -0.2) is 9.78 Å². The molecule has 1 aliphatic rings. The van der Waals surface area contributed by atoms with Crippen molar-refractivity contribution in [2.24, 2.45) is 5.41 Å². The summed E-state index contributed by atoms with van der Waals surface area (Å²) in [6.45, 7) is 10.3. The molecule has 0 unspecified atom stereocenters. The lowest BCUT2D eigenvalue weighted by Gasteiger charge is -2.34. The number of rotatable bonds is 7. The van der Waals surface area contributed by atoms with Crippen LogP contribution in [0.15, 0.2) is 96.8 Å². The van der Waals surface area contributed by atoms with Crippen LogP contribution in [-0.4, -0.2) is 21.5 Å². The fourth-order valence-corrected chi connectivity index (χ4v) is 6.06. The molecule has 2 heterocycles. The summed E-state index contributed by atoms with van der Waals surface area (Å²) in [5, 5.41) is 1.69. The fourth-order valence-electron chi connectivity index (χ4n) is 5.94. The van der Waals surface area contributed by atoms with Gasteiger partial charge in [-0.05, 0) is 116 Å². The normalized spacial score (nSPS) is 14.9. The van der Waals surface area contributed by atoms with Crippen molar-refractivity contribution in [2.75, 3.05) is 0 Å². The molecular weight excluding hydrogens is 580 g/mol. The van der Waals surface area contributed by atoms with Gasteiger partial charge in [0.2, 0.25) is 0 Å². The van der Waals surface area contributed by atoms with E-state index >= 15 is 0 Å². The van der Waals surface area contributed by atoms with Crippen molar-refractivity contribution in [3.05, 3.63) is 119 Å². The summed E-state index contributed by atoms with van der Waals surface area (Å²) < 4.78 is 12.0. The number of fused-ring (bicyclic) bond motifs is 1. The van der Waals surface area contributed by atoms with E-state index in [-0.39, 0.29) is 5.41 Å². The maximum Gasteiger partial charge on any atom is 0.342 e. The zero-order valence-corrected chi connectivity index (χ0v) is 27.3. The molecule has 0 atom stereocenters. The lowest BCUT2D eigenvalue weighted by Crippen LogP contribution is -2.24. The molecule has 0 bridgehead atoms. The molecule has 0 saturated heterocycles. The number of aromatic nitrogens is 2. The van der Waals surface area contributed by atoms with Gasteiger partial charge in [0.15, 0.2) is 0 Å². The fraction of sp³-hybridized carbons (Fsp3) is 0.282. The number of halogens is 1. The molecule has 0 fully saturated rings. The Morgan fingerprint density at radius 2 is 1.64 bits per heavy atom. The van der Waals surface area contributed by atoms with Crippen molar-refractivity contribution < 1.29 is 14.3 Å². The zero-order valence-electron chi connectivity index (χ0n) is 26.5. The average Bonchev–Trinajstić information content (AvgIpc) is 3.46. The lowest BCUT2D eigenvalue weighted by atomic mass is 9.71. The Kier molecular flexibility index (Phi) is 8.32.